The second-order valence-electron chi connectivity index (χ2n) is 19.9. The largest absolute Gasteiger partial charge is 0.479 e. The van der Waals surface area contributed by atoms with Crippen LogP contribution in [0.25, 0.3) is 0 Å². The van der Waals surface area contributed by atoms with E-state index in [1.54, 1.807) is 0 Å². The average molecular weight is 1540 g/mol. The summed E-state index contributed by atoms with van der Waals surface area (Å²) in [4.78, 5) is 13.3. The van der Waals surface area contributed by atoms with Gasteiger partial charge in [-0.3, -0.25) is 31.9 Å². The van der Waals surface area contributed by atoms with Gasteiger partial charge in [0.05, 0.1) is 26.4 Å². The minimum Gasteiger partial charge on any atom is -0.479 e. The Kier molecular flexibility index (Phi) is 28.3. The third-order valence-corrected chi connectivity index (χ3v) is 17.5. The molecule has 0 aromatic rings. The Balaban J connectivity index is 1.44. The summed E-state index contributed by atoms with van der Waals surface area (Å²) in [5.41, 5.74) is 0. The molecule has 0 aliphatic carbocycles. The van der Waals surface area contributed by atoms with E-state index in [9.17, 15) is 106 Å². The Labute approximate surface area is 539 Å². The molecule has 0 spiro atoms. The van der Waals surface area contributed by atoms with Gasteiger partial charge in [0.2, 0.25) is 5.79 Å². The lowest BCUT2D eigenvalue weighted by atomic mass is 9.93. The molecule has 11 unspecified atom stereocenters. The van der Waals surface area contributed by atoms with Crippen molar-refractivity contribution < 1.29 is 220 Å². The van der Waals surface area contributed by atoms with E-state index >= 15 is 0 Å². The molecule has 558 valence electrons. The van der Waals surface area contributed by atoms with Crippen LogP contribution in [0, 0.1) is 0 Å². The molecule has 7 fully saturated rings. The van der Waals surface area contributed by atoms with Crippen molar-refractivity contribution in [3.63, 3.8) is 0 Å². The van der Waals surface area contributed by atoms with Gasteiger partial charge in [-0.25, -0.2) is 34.1 Å². The molecule has 0 radical (unpaired) electrons. The standard InChI is InChI=1S/C39H66O49S7/c1-64-17-14(10-73-89(43,44)45)77-35(27(68-5)20(17)65-2)81-22-21(66-3)28(69-6)36(82-26(22)33(41)42)79-18-16(12-75-91(49,50)51)78-37(31(88-95(61,62)63)24(18)86-93(55,56)57)83-32-25(67-4)29-38(84-39(32,72-13-40)8-9-71-29)80-19-15(11-74-90(46,47)48)76-34(70-7)30(87-94(58,59)60)23(19)85-92(52,53)54/h14-32,34-38,40H,8-13H2,1-7H3,(H,41,42)(H,43,44,45)(H,46,47,48)(H,49,50,51)(H,52,53,54)(H,55,56,57)(H,58,59,60)(H,61,62,63)/t14-,15-,16?,17+,18?,19+,20?,21?,22-,23?,24-,25-,26+,27?,28?,29+,30?,31?,32?,34-,35+,36+,37-,38+,39?/m0/s1. The number of aliphatic hydroxyl groups is 1. The van der Waals surface area contributed by atoms with Gasteiger partial charge in [-0.1, -0.05) is 0 Å². The molecule has 7 aliphatic heterocycles. The molecule has 25 atom stereocenters. The van der Waals surface area contributed by atoms with Gasteiger partial charge >= 0.3 is 78.8 Å². The molecule has 0 amide bonds. The van der Waals surface area contributed by atoms with Gasteiger partial charge in [-0.2, -0.15) is 58.9 Å². The number of carbonyl (C=O) groups is 1. The molecule has 2 bridgehead atoms. The number of fused-ring (bicyclic) bond motifs is 4. The molecule has 0 saturated carbocycles. The Bertz CT molecular complexity index is 3360. The van der Waals surface area contributed by atoms with Crippen LogP contribution in [-0.4, -0.2) is 343 Å². The van der Waals surface area contributed by atoms with Crippen LogP contribution in [0.4, 0.5) is 0 Å². The lowest BCUT2D eigenvalue weighted by Gasteiger charge is -2.53. The van der Waals surface area contributed by atoms with Crippen LogP contribution in [0.5, 0.6) is 0 Å². The number of carboxylic acids is 1. The van der Waals surface area contributed by atoms with Gasteiger partial charge in [-0.15, -0.1) is 0 Å². The Morgan fingerprint density at radius 1 is 0.400 bits per heavy atom. The first kappa shape index (κ1) is 81.8. The number of aliphatic hydroxyl groups excluding tert-OH is 1. The number of hydrogen-bond acceptors (Lipinski definition) is 41. The molecule has 56 heteroatoms. The molecule has 7 saturated heterocycles. The van der Waals surface area contributed by atoms with Gasteiger partial charge in [0.25, 0.3) is 0 Å². The first-order chi connectivity index (χ1) is 43.9. The molecule has 7 aliphatic rings. The summed E-state index contributed by atoms with van der Waals surface area (Å²) < 4.78 is 376. The molecular weight excluding hydrogens is 1480 g/mol. The fourth-order valence-electron chi connectivity index (χ4n) is 10.9. The zero-order valence-electron chi connectivity index (χ0n) is 49.3. The third-order valence-electron chi connectivity index (χ3n) is 14.3. The van der Waals surface area contributed by atoms with E-state index in [0.717, 1.165) is 49.8 Å². The van der Waals surface area contributed by atoms with Crippen molar-refractivity contribution in [1.82, 2.24) is 0 Å². The predicted molar refractivity (Wildman–Crippen MR) is 282 cm³/mol. The van der Waals surface area contributed by atoms with Crippen LogP contribution in [-0.2, 0) is 192 Å². The van der Waals surface area contributed by atoms with Gasteiger partial charge in [-0.05, 0) is 0 Å². The van der Waals surface area contributed by atoms with E-state index in [1.165, 1.54) is 0 Å². The number of hydrogen-bond donors (Lipinski definition) is 9. The molecule has 0 aromatic heterocycles. The monoisotopic (exact) mass is 1540 g/mol. The predicted octanol–water partition coefficient (Wildman–Crippen LogP) is -7.73. The highest BCUT2D eigenvalue weighted by atomic mass is 32.3. The summed E-state index contributed by atoms with van der Waals surface area (Å²) in [5.74, 6) is -4.88. The highest BCUT2D eigenvalue weighted by molar-refractivity contribution is 7.82. The first-order valence-electron chi connectivity index (χ1n) is 26.1. The zero-order chi connectivity index (χ0) is 71.4. The molecule has 9 N–H and O–H groups in total. The normalized spacial score (nSPS) is 38.8. The quantitative estimate of drug-likeness (QED) is 0.0210. The summed E-state index contributed by atoms with van der Waals surface area (Å²) >= 11 is 0. The second kappa shape index (κ2) is 32.8. The van der Waals surface area contributed by atoms with E-state index in [1.807, 2.05) is 0 Å². The topological polar surface area (TPSA) is 669 Å². The minimum atomic E-state index is -6.16. The lowest BCUT2D eigenvalue weighted by Crippen LogP contribution is -2.71. The number of aliphatic carboxylic acids is 1. The average Bonchev–Trinajstić information content (AvgIpc) is 1.73. The summed E-state index contributed by atoms with van der Waals surface area (Å²) in [6, 6.07) is 0. The SMILES string of the molecule is COC1C(OC)[C@H](OC)[C@H](COS(=O)(=O)O)O[C@@H]1O[C@H]1C(OC)C(OC)[C@H](OC2C(COS(=O)(=O)O)O[C@@H](OC3[C@@H](OC)[C@H]4OCCC3(OCO)O[C@H]4O[C@H]3C(OS(=O)(=O)O)C(OS(=O)(=O)O)[C@@H](OC)O[C@H]3COS(=O)(=O)O)C(OS(=O)(=O)O)[C@H]2OS(=O)(=O)O)O[C@H]1C(=O)O. The van der Waals surface area contributed by atoms with E-state index < -0.39 is 272 Å². The minimum absolute atomic E-state index is 0.708. The van der Waals surface area contributed by atoms with Crippen LogP contribution in [0.2, 0.25) is 0 Å². The highest BCUT2D eigenvalue weighted by Crippen LogP contribution is 2.46. The third kappa shape index (κ3) is 21.9. The van der Waals surface area contributed by atoms with E-state index in [0.29, 0.717) is 0 Å². The highest BCUT2D eigenvalue weighted by Gasteiger charge is 2.66. The Morgan fingerprint density at radius 2 is 0.758 bits per heavy atom. The van der Waals surface area contributed by atoms with E-state index in [-0.39, 0.29) is 0 Å². The summed E-state index contributed by atoms with van der Waals surface area (Å²) in [5, 5.41) is 21.1. The van der Waals surface area contributed by atoms with Crippen molar-refractivity contribution in [3.8, 4) is 0 Å². The van der Waals surface area contributed by atoms with Crippen LogP contribution in [0.3, 0.4) is 0 Å². The maximum absolute atomic E-state index is 13.3. The van der Waals surface area contributed by atoms with Gasteiger partial charge < -0.3 is 95.5 Å². The number of methoxy groups -OCH3 is 7. The van der Waals surface area contributed by atoms with Crippen molar-refractivity contribution >= 4 is 78.8 Å². The van der Waals surface area contributed by atoms with Crippen molar-refractivity contribution in [3.05, 3.63) is 0 Å². The van der Waals surface area contributed by atoms with Gasteiger partial charge in [0, 0.05) is 56.2 Å². The van der Waals surface area contributed by atoms with Crippen molar-refractivity contribution in [1.29, 1.82) is 0 Å². The molecule has 0 aromatic carbocycles. The summed E-state index contributed by atoms with van der Waals surface area (Å²) in [6.07, 6.45) is -55.0. The number of rotatable bonds is 35. The van der Waals surface area contributed by atoms with E-state index in [4.69, 9.17) is 93.6 Å². The summed E-state index contributed by atoms with van der Waals surface area (Å²) in [7, 11) is -33.6. The number of carboxylic acid groups (broad SMARTS) is 1. The maximum Gasteiger partial charge on any atom is 0.397 e. The number of ether oxygens (including phenoxy) is 18. The van der Waals surface area contributed by atoms with Gasteiger partial charge in [0.1, 0.15) is 104 Å². The van der Waals surface area contributed by atoms with Crippen LogP contribution < -0.4 is 0 Å². The molecule has 7 rings (SSSR count). The smallest absolute Gasteiger partial charge is 0.397 e. The van der Waals surface area contributed by atoms with E-state index in [2.05, 4.69) is 20.9 Å². The first-order valence-corrected chi connectivity index (χ1v) is 35.6. The fraction of sp³-hybridized carbons (Fsp3) is 0.974. The van der Waals surface area contributed by atoms with Crippen molar-refractivity contribution in [2.24, 2.45) is 0 Å². The molecular formula is C39H66O49S7. The van der Waals surface area contributed by atoms with Crippen LogP contribution in [0.1, 0.15) is 6.42 Å². The van der Waals surface area contributed by atoms with Gasteiger partial charge in [0.15, 0.2) is 49.8 Å². The van der Waals surface area contributed by atoms with Crippen LogP contribution >= 0.6 is 0 Å². The Morgan fingerprint density at radius 3 is 1.15 bits per heavy atom. The molecule has 7 heterocycles. The van der Waals surface area contributed by atoms with Crippen molar-refractivity contribution in [2.75, 3.05) is 83.0 Å². The van der Waals surface area contributed by atoms with Crippen molar-refractivity contribution in [2.45, 2.75) is 160 Å². The Hall–Kier alpha value is -2.20. The fourth-order valence-corrected chi connectivity index (χ4v) is 13.8. The maximum atomic E-state index is 13.3. The molecule has 95 heavy (non-hydrogen) atoms. The second-order valence-corrected chi connectivity index (χ2v) is 27.4. The summed E-state index contributed by atoms with van der Waals surface area (Å²) in [6.45, 7) is -6.43. The zero-order valence-corrected chi connectivity index (χ0v) is 55.0. The van der Waals surface area contributed by atoms with Crippen LogP contribution in [0.15, 0.2) is 0 Å². The lowest BCUT2D eigenvalue weighted by molar-refractivity contribution is -0.437. The molecule has 49 nitrogen and oxygen atoms in total.